The van der Waals surface area contributed by atoms with Gasteiger partial charge in [0, 0.05) is 0 Å². The maximum Gasteiger partial charge on any atom is 0.0694 e. The molecule has 0 aliphatic rings. The number of nitriles is 1. The fraction of sp³-hybridized carbons (Fsp3) is 0.444. The average molecular weight is 135 g/mol. The fourth-order valence-electron chi connectivity index (χ4n) is 0.540. The van der Waals surface area contributed by atoms with Crippen LogP contribution >= 0.6 is 0 Å². The predicted molar refractivity (Wildman–Crippen MR) is 43.3 cm³/mol. The van der Waals surface area contributed by atoms with Crippen molar-refractivity contribution in [1.82, 2.24) is 0 Å². The van der Waals surface area contributed by atoms with E-state index >= 15 is 0 Å². The Bertz CT molecular complexity index is 160. The molecule has 0 heterocycles. The lowest BCUT2D eigenvalue weighted by molar-refractivity contribution is 0.950. The largest absolute Gasteiger partial charge is 0.198 e. The van der Waals surface area contributed by atoms with Gasteiger partial charge in [-0.2, -0.15) is 5.26 Å². The normalized spacial score (nSPS) is 14.1. The lowest BCUT2D eigenvalue weighted by atomic mass is 10.2. The molecule has 0 spiro atoms. The third kappa shape index (κ3) is 5.11. The van der Waals surface area contributed by atoms with Crippen molar-refractivity contribution in [2.24, 2.45) is 5.92 Å². The first-order chi connectivity index (χ1) is 4.81. The summed E-state index contributed by atoms with van der Waals surface area (Å²) in [4.78, 5) is 0. The molecule has 0 radical (unpaired) electrons. The number of nitrogens with zero attached hydrogens (tertiary/aromatic N) is 1. The van der Waals surface area contributed by atoms with Gasteiger partial charge in [-0.15, -0.1) is 0 Å². The Morgan fingerprint density at radius 3 is 2.70 bits per heavy atom. The summed E-state index contributed by atoms with van der Waals surface area (Å²) >= 11 is 0. The maximum absolute atomic E-state index is 8.37. The highest BCUT2D eigenvalue weighted by Crippen LogP contribution is 1.95. The van der Waals surface area contributed by atoms with E-state index in [0.717, 1.165) is 6.42 Å². The summed E-state index contributed by atoms with van der Waals surface area (Å²) in [5.74, 6) is 0.0465. The third-order valence-electron chi connectivity index (χ3n) is 1.14. The van der Waals surface area contributed by atoms with Gasteiger partial charge in [-0.3, -0.25) is 0 Å². The molecule has 0 aliphatic heterocycles. The molecule has 0 aromatic carbocycles. The Labute approximate surface area is 62.7 Å². The molecule has 0 rings (SSSR count). The zero-order valence-corrected chi connectivity index (χ0v) is 6.54. The van der Waals surface area contributed by atoms with Crippen LogP contribution in [0.2, 0.25) is 0 Å². The molecule has 0 saturated heterocycles. The molecule has 0 aliphatic carbocycles. The zero-order chi connectivity index (χ0) is 7.82. The smallest absolute Gasteiger partial charge is 0.0694 e. The van der Waals surface area contributed by atoms with Crippen LogP contribution in [0.4, 0.5) is 0 Å². The van der Waals surface area contributed by atoms with Crippen molar-refractivity contribution in [2.45, 2.75) is 20.3 Å². The summed E-state index contributed by atoms with van der Waals surface area (Å²) in [6.07, 6.45) is 8.92. The first kappa shape index (κ1) is 8.97. The summed E-state index contributed by atoms with van der Waals surface area (Å²) in [5, 5.41) is 8.37. The maximum atomic E-state index is 8.37. The molecule has 0 aromatic heterocycles. The topological polar surface area (TPSA) is 23.8 Å². The van der Waals surface area contributed by atoms with E-state index in [-0.39, 0.29) is 5.92 Å². The minimum absolute atomic E-state index is 0.0465. The van der Waals surface area contributed by atoms with Crippen molar-refractivity contribution in [1.29, 1.82) is 5.26 Å². The van der Waals surface area contributed by atoms with Crippen molar-refractivity contribution in [3.05, 3.63) is 24.3 Å². The standard InChI is InChI=1S/C9H13N/c1-3-4-5-6-7-9(2)8-10/h3-4,6-7,9H,5H2,1-2H3. The van der Waals surface area contributed by atoms with Gasteiger partial charge >= 0.3 is 0 Å². The molecule has 0 fully saturated rings. The van der Waals surface area contributed by atoms with E-state index in [2.05, 4.69) is 12.1 Å². The minimum atomic E-state index is 0.0465. The van der Waals surface area contributed by atoms with Crippen molar-refractivity contribution < 1.29 is 0 Å². The Hall–Kier alpha value is -1.03. The first-order valence-electron chi connectivity index (χ1n) is 3.48. The molecule has 54 valence electrons. The van der Waals surface area contributed by atoms with Crippen molar-refractivity contribution in [2.75, 3.05) is 0 Å². The van der Waals surface area contributed by atoms with Gasteiger partial charge in [-0.1, -0.05) is 24.3 Å². The molecule has 1 heteroatoms. The summed E-state index contributed by atoms with van der Waals surface area (Å²) in [6, 6.07) is 2.13. The van der Waals surface area contributed by atoms with Crippen LogP contribution in [-0.2, 0) is 0 Å². The van der Waals surface area contributed by atoms with Gasteiger partial charge in [0.2, 0.25) is 0 Å². The summed E-state index contributed by atoms with van der Waals surface area (Å²) in [6.45, 7) is 3.87. The molecule has 1 atom stereocenters. The van der Waals surface area contributed by atoms with E-state index in [9.17, 15) is 0 Å². The summed E-state index contributed by atoms with van der Waals surface area (Å²) in [5.41, 5.74) is 0. The van der Waals surface area contributed by atoms with Crippen LogP contribution in [0.3, 0.4) is 0 Å². The van der Waals surface area contributed by atoms with Crippen molar-refractivity contribution in [3.8, 4) is 6.07 Å². The molecular formula is C9H13N. The van der Waals surface area contributed by atoms with Crippen molar-refractivity contribution >= 4 is 0 Å². The lowest BCUT2D eigenvalue weighted by Gasteiger charge is -1.87. The van der Waals surface area contributed by atoms with Crippen LogP contribution in [0, 0.1) is 17.2 Å². The second kappa shape index (κ2) is 6.10. The molecule has 1 nitrogen and oxygen atoms in total. The Balaban J connectivity index is 3.48. The van der Waals surface area contributed by atoms with E-state index in [1.54, 1.807) is 0 Å². The number of hydrogen-bond donors (Lipinski definition) is 0. The molecule has 0 saturated carbocycles. The van der Waals surface area contributed by atoms with Gasteiger partial charge in [-0.05, 0) is 20.3 Å². The van der Waals surface area contributed by atoms with Crippen LogP contribution in [0.5, 0.6) is 0 Å². The number of allylic oxidation sites excluding steroid dienone is 4. The highest BCUT2D eigenvalue weighted by Gasteiger charge is 1.87. The summed E-state index contributed by atoms with van der Waals surface area (Å²) < 4.78 is 0. The Morgan fingerprint density at radius 2 is 2.20 bits per heavy atom. The van der Waals surface area contributed by atoms with Gasteiger partial charge in [0.05, 0.1) is 12.0 Å². The van der Waals surface area contributed by atoms with Gasteiger partial charge in [0.1, 0.15) is 0 Å². The predicted octanol–water partition coefficient (Wildman–Crippen LogP) is 2.67. The zero-order valence-electron chi connectivity index (χ0n) is 6.54. The van der Waals surface area contributed by atoms with Gasteiger partial charge in [0.25, 0.3) is 0 Å². The third-order valence-corrected chi connectivity index (χ3v) is 1.14. The fourth-order valence-corrected chi connectivity index (χ4v) is 0.540. The first-order valence-corrected chi connectivity index (χ1v) is 3.48. The average Bonchev–Trinajstić information content (AvgIpc) is 1.98. The molecule has 0 N–H and O–H groups in total. The van der Waals surface area contributed by atoms with Gasteiger partial charge < -0.3 is 0 Å². The molecule has 0 bridgehead atoms. The Kier molecular flexibility index (Phi) is 5.47. The van der Waals surface area contributed by atoms with E-state index in [1.807, 2.05) is 32.1 Å². The summed E-state index contributed by atoms with van der Waals surface area (Å²) in [7, 11) is 0. The molecule has 0 amide bonds. The monoisotopic (exact) mass is 135 g/mol. The highest BCUT2D eigenvalue weighted by molar-refractivity contribution is 5.00. The quantitative estimate of drug-likeness (QED) is 0.546. The molecule has 10 heavy (non-hydrogen) atoms. The highest BCUT2D eigenvalue weighted by atomic mass is 14.2. The van der Waals surface area contributed by atoms with Crippen LogP contribution < -0.4 is 0 Å². The van der Waals surface area contributed by atoms with Crippen LogP contribution in [-0.4, -0.2) is 0 Å². The second-order valence-corrected chi connectivity index (χ2v) is 2.15. The van der Waals surface area contributed by atoms with E-state index < -0.39 is 0 Å². The van der Waals surface area contributed by atoms with Crippen LogP contribution in [0.25, 0.3) is 0 Å². The van der Waals surface area contributed by atoms with Crippen LogP contribution in [0.15, 0.2) is 24.3 Å². The minimum Gasteiger partial charge on any atom is -0.198 e. The lowest BCUT2D eigenvalue weighted by Crippen LogP contribution is -1.79. The van der Waals surface area contributed by atoms with E-state index in [1.165, 1.54) is 0 Å². The van der Waals surface area contributed by atoms with Crippen molar-refractivity contribution in [3.63, 3.8) is 0 Å². The van der Waals surface area contributed by atoms with E-state index in [0.29, 0.717) is 0 Å². The van der Waals surface area contributed by atoms with Gasteiger partial charge in [-0.25, -0.2) is 0 Å². The molecular weight excluding hydrogens is 122 g/mol. The molecule has 1 unspecified atom stereocenters. The molecule has 0 aromatic rings. The van der Waals surface area contributed by atoms with E-state index in [4.69, 9.17) is 5.26 Å². The Morgan fingerprint density at radius 1 is 1.50 bits per heavy atom. The number of rotatable bonds is 3. The number of hydrogen-bond acceptors (Lipinski definition) is 1. The SMILES string of the molecule is CC=CCC=CC(C)C#N. The second-order valence-electron chi connectivity index (χ2n) is 2.15. The van der Waals surface area contributed by atoms with Crippen LogP contribution in [0.1, 0.15) is 20.3 Å². The van der Waals surface area contributed by atoms with Gasteiger partial charge in [0.15, 0.2) is 0 Å².